The Balaban J connectivity index is 0.000000258. The van der Waals surface area contributed by atoms with Gasteiger partial charge in [0.05, 0.1) is 26.4 Å². The van der Waals surface area contributed by atoms with Crippen molar-refractivity contribution in [3.05, 3.63) is 12.2 Å². The first-order valence-corrected chi connectivity index (χ1v) is 6.63. The van der Waals surface area contributed by atoms with Crippen LogP contribution in [0.2, 0.25) is 0 Å². The number of ether oxygens (including phenoxy) is 3. The van der Waals surface area contributed by atoms with Crippen LogP contribution in [0.5, 0.6) is 0 Å². The summed E-state index contributed by atoms with van der Waals surface area (Å²) >= 11 is 0. The van der Waals surface area contributed by atoms with Crippen LogP contribution in [-0.2, 0) is 19.0 Å². The highest BCUT2D eigenvalue weighted by atomic mass is 16.6. The van der Waals surface area contributed by atoms with Crippen molar-refractivity contribution < 1.29 is 24.1 Å². The van der Waals surface area contributed by atoms with Crippen molar-refractivity contribution in [3.63, 3.8) is 0 Å². The summed E-state index contributed by atoms with van der Waals surface area (Å²) in [7, 11) is 0. The van der Waals surface area contributed by atoms with Gasteiger partial charge in [-0.15, -0.1) is 0 Å². The van der Waals surface area contributed by atoms with Gasteiger partial charge >= 0.3 is 5.97 Å². The highest BCUT2D eigenvalue weighted by molar-refractivity contribution is 5.84. The fourth-order valence-electron chi connectivity index (χ4n) is 1.41. The third kappa shape index (κ3) is 5.30. The first-order chi connectivity index (χ1) is 8.89. The molecule has 0 aliphatic carbocycles. The molecule has 2 aliphatic rings. The number of carboxylic acids is 1. The number of carboxylic acid groups (broad SMARTS) is 1. The van der Waals surface area contributed by atoms with Gasteiger partial charge in [-0.3, -0.25) is 0 Å². The standard InChI is InChI=1S/C10H18O3.C4H6O2/c1-3-9(7-12-9)5-11-6-10(4-2)8-13-10;1-3(2)4(5)6/h3-8H2,1-2H3;1H2,2H3,(H,5,6). The molecule has 110 valence electrons. The lowest BCUT2D eigenvalue weighted by molar-refractivity contribution is -0.132. The molecule has 2 heterocycles. The Hall–Kier alpha value is -0.910. The maximum Gasteiger partial charge on any atom is 0.330 e. The van der Waals surface area contributed by atoms with Crippen molar-refractivity contribution in [2.24, 2.45) is 0 Å². The van der Waals surface area contributed by atoms with E-state index in [2.05, 4.69) is 20.4 Å². The van der Waals surface area contributed by atoms with Crippen molar-refractivity contribution in [3.8, 4) is 0 Å². The van der Waals surface area contributed by atoms with Gasteiger partial charge in [0.2, 0.25) is 0 Å². The molecule has 2 fully saturated rings. The van der Waals surface area contributed by atoms with E-state index < -0.39 is 5.97 Å². The summed E-state index contributed by atoms with van der Waals surface area (Å²) in [6, 6.07) is 0. The summed E-state index contributed by atoms with van der Waals surface area (Å²) in [5, 5.41) is 7.89. The maximum atomic E-state index is 9.60. The minimum atomic E-state index is -0.935. The van der Waals surface area contributed by atoms with Crippen LogP contribution >= 0.6 is 0 Å². The Kier molecular flexibility index (Phi) is 5.52. The maximum absolute atomic E-state index is 9.60. The SMILES string of the molecule is C=C(C)C(=O)O.CCC1(COCC2(CC)CO2)CO1. The molecule has 1 N–H and O–H groups in total. The van der Waals surface area contributed by atoms with Crippen LogP contribution in [0.15, 0.2) is 12.2 Å². The molecule has 2 aliphatic heterocycles. The van der Waals surface area contributed by atoms with Crippen molar-refractivity contribution in [1.29, 1.82) is 0 Å². The molecular formula is C14H24O5. The summed E-state index contributed by atoms with van der Waals surface area (Å²) < 4.78 is 16.3. The second kappa shape index (κ2) is 6.50. The topological polar surface area (TPSA) is 71.6 Å². The van der Waals surface area contributed by atoms with Gasteiger partial charge in [-0.25, -0.2) is 4.79 Å². The molecule has 2 atom stereocenters. The van der Waals surface area contributed by atoms with Gasteiger partial charge in [-0.1, -0.05) is 20.4 Å². The number of hydrogen-bond acceptors (Lipinski definition) is 4. The number of hydrogen-bond donors (Lipinski definition) is 1. The zero-order valence-corrected chi connectivity index (χ0v) is 12.0. The molecule has 2 unspecified atom stereocenters. The number of aliphatic carboxylic acids is 1. The molecule has 2 rings (SSSR count). The molecule has 0 aromatic rings. The molecule has 0 aromatic heterocycles. The first-order valence-electron chi connectivity index (χ1n) is 6.63. The smallest absolute Gasteiger partial charge is 0.330 e. The highest BCUT2D eigenvalue weighted by Gasteiger charge is 2.46. The van der Waals surface area contributed by atoms with Crippen molar-refractivity contribution >= 4 is 5.97 Å². The second-order valence-electron chi connectivity index (χ2n) is 5.23. The van der Waals surface area contributed by atoms with Crippen LogP contribution < -0.4 is 0 Å². The van der Waals surface area contributed by atoms with Crippen LogP contribution in [0.1, 0.15) is 33.6 Å². The summed E-state index contributed by atoms with van der Waals surface area (Å²) in [5.41, 5.74) is 0.295. The predicted molar refractivity (Wildman–Crippen MR) is 71.2 cm³/mol. The zero-order chi connectivity index (χ0) is 14.5. The van der Waals surface area contributed by atoms with Gasteiger partial charge in [0, 0.05) is 5.57 Å². The Labute approximate surface area is 114 Å². The van der Waals surface area contributed by atoms with Crippen LogP contribution in [-0.4, -0.2) is 48.7 Å². The highest BCUT2D eigenvalue weighted by Crippen LogP contribution is 2.34. The molecule has 0 spiro atoms. The van der Waals surface area contributed by atoms with Crippen LogP contribution in [0.4, 0.5) is 0 Å². The zero-order valence-electron chi connectivity index (χ0n) is 12.0. The summed E-state index contributed by atoms with van der Waals surface area (Å²) in [6.07, 6.45) is 2.10. The van der Waals surface area contributed by atoms with E-state index in [1.54, 1.807) is 0 Å². The lowest BCUT2D eigenvalue weighted by atomic mass is 10.1. The van der Waals surface area contributed by atoms with Crippen molar-refractivity contribution in [1.82, 2.24) is 0 Å². The summed E-state index contributed by atoms with van der Waals surface area (Å²) in [5.74, 6) is -0.935. The van der Waals surface area contributed by atoms with E-state index in [1.165, 1.54) is 6.92 Å². The minimum Gasteiger partial charge on any atom is -0.478 e. The monoisotopic (exact) mass is 272 g/mol. The van der Waals surface area contributed by atoms with Crippen LogP contribution in [0.25, 0.3) is 0 Å². The number of carbonyl (C=O) groups is 1. The van der Waals surface area contributed by atoms with E-state index in [0.717, 1.165) is 39.3 Å². The lowest BCUT2D eigenvalue weighted by Crippen LogP contribution is -2.24. The Bertz CT molecular complexity index is 297. The number of rotatable bonds is 7. The van der Waals surface area contributed by atoms with Gasteiger partial charge in [0.15, 0.2) is 0 Å². The Morgan fingerprint density at radius 3 is 1.68 bits per heavy atom. The molecule has 5 heteroatoms. The average molecular weight is 272 g/mol. The summed E-state index contributed by atoms with van der Waals surface area (Å²) in [6.45, 7) is 12.1. The third-order valence-electron chi connectivity index (χ3n) is 3.49. The van der Waals surface area contributed by atoms with Gasteiger partial charge in [-0.2, -0.15) is 0 Å². The molecule has 0 radical (unpaired) electrons. The molecular weight excluding hydrogens is 248 g/mol. The van der Waals surface area contributed by atoms with E-state index >= 15 is 0 Å². The molecule has 0 amide bonds. The first kappa shape index (κ1) is 16.1. The third-order valence-corrected chi connectivity index (χ3v) is 3.49. The predicted octanol–water partition coefficient (Wildman–Crippen LogP) is 2.01. The quantitative estimate of drug-likeness (QED) is 0.567. The lowest BCUT2D eigenvalue weighted by Gasteiger charge is -2.13. The Morgan fingerprint density at radius 1 is 1.21 bits per heavy atom. The summed E-state index contributed by atoms with van der Waals surface area (Å²) in [4.78, 5) is 9.60. The van der Waals surface area contributed by atoms with Crippen LogP contribution in [0, 0.1) is 0 Å². The molecule has 0 aromatic carbocycles. The largest absolute Gasteiger partial charge is 0.478 e. The van der Waals surface area contributed by atoms with Gasteiger partial charge in [0.25, 0.3) is 0 Å². The molecule has 2 saturated heterocycles. The van der Waals surface area contributed by atoms with E-state index in [0.29, 0.717) is 0 Å². The molecule has 19 heavy (non-hydrogen) atoms. The molecule has 0 bridgehead atoms. The second-order valence-corrected chi connectivity index (χ2v) is 5.23. The number of epoxide rings is 2. The molecule has 5 nitrogen and oxygen atoms in total. The minimum absolute atomic E-state index is 0.0593. The van der Waals surface area contributed by atoms with Gasteiger partial charge in [0.1, 0.15) is 11.2 Å². The molecule has 0 saturated carbocycles. The fourth-order valence-corrected chi connectivity index (χ4v) is 1.41. The Morgan fingerprint density at radius 2 is 1.53 bits per heavy atom. The average Bonchev–Trinajstić information content (AvgIpc) is 3.26. The van der Waals surface area contributed by atoms with E-state index in [4.69, 9.17) is 19.3 Å². The fraction of sp³-hybridized carbons (Fsp3) is 0.786. The van der Waals surface area contributed by atoms with Crippen molar-refractivity contribution in [2.45, 2.75) is 44.8 Å². The van der Waals surface area contributed by atoms with Crippen molar-refractivity contribution in [2.75, 3.05) is 26.4 Å². The van der Waals surface area contributed by atoms with Gasteiger partial charge in [-0.05, 0) is 19.8 Å². The van der Waals surface area contributed by atoms with E-state index in [1.807, 2.05) is 0 Å². The van der Waals surface area contributed by atoms with Crippen LogP contribution in [0.3, 0.4) is 0 Å². The normalized spacial score (nSPS) is 31.1. The van der Waals surface area contributed by atoms with Gasteiger partial charge < -0.3 is 19.3 Å². The van der Waals surface area contributed by atoms with E-state index in [9.17, 15) is 4.79 Å². The van der Waals surface area contributed by atoms with E-state index in [-0.39, 0.29) is 16.8 Å².